The minimum atomic E-state index is -0.453. The van der Waals surface area contributed by atoms with E-state index in [1.54, 1.807) is 13.2 Å². The number of rotatable bonds is 7. The van der Waals surface area contributed by atoms with Gasteiger partial charge in [0, 0.05) is 11.1 Å². The number of carbonyl (C=O) groups is 1. The van der Waals surface area contributed by atoms with Crippen molar-refractivity contribution in [2.45, 2.75) is 26.4 Å². The molecule has 3 rings (SSSR count). The van der Waals surface area contributed by atoms with Crippen LogP contribution in [0.15, 0.2) is 35.7 Å². The van der Waals surface area contributed by atoms with E-state index in [0.717, 1.165) is 34.9 Å². The Morgan fingerprint density at radius 3 is 2.96 bits per heavy atom. The second kappa shape index (κ2) is 7.94. The first-order chi connectivity index (χ1) is 12.2. The molecule has 0 spiro atoms. The number of aryl methyl sites for hydroxylation is 1. The predicted octanol–water partition coefficient (Wildman–Crippen LogP) is 3.85. The van der Waals surface area contributed by atoms with Crippen LogP contribution in [-0.4, -0.2) is 28.3 Å². The van der Waals surface area contributed by atoms with Gasteiger partial charge in [0.25, 0.3) is 0 Å². The van der Waals surface area contributed by atoms with Crippen LogP contribution in [0.3, 0.4) is 0 Å². The van der Waals surface area contributed by atoms with E-state index in [1.807, 2.05) is 29.6 Å². The van der Waals surface area contributed by atoms with E-state index in [2.05, 4.69) is 22.1 Å². The number of ether oxygens (including phenoxy) is 2. The van der Waals surface area contributed by atoms with Gasteiger partial charge in [0.15, 0.2) is 5.69 Å². The standard InChI is InChI=1S/C18H19N3O3S/c1-3-6-12-9-15(21-20-12)18(22)24-10-13-11-25-17(19-13)14-7-4-5-8-16(14)23-2/h4-5,7-9,11H,3,6,10H2,1-2H3,(H,20,21). The van der Waals surface area contributed by atoms with E-state index in [-0.39, 0.29) is 6.61 Å². The van der Waals surface area contributed by atoms with Crippen molar-refractivity contribution >= 4 is 17.3 Å². The average Bonchev–Trinajstić information content (AvgIpc) is 3.29. The zero-order chi connectivity index (χ0) is 17.6. The predicted molar refractivity (Wildman–Crippen MR) is 95.8 cm³/mol. The first-order valence-electron chi connectivity index (χ1n) is 8.00. The SMILES string of the molecule is CCCc1cc(C(=O)OCc2csc(-c3ccccc3OC)n2)n[nH]1. The van der Waals surface area contributed by atoms with Gasteiger partial charge in [-0.15, -0.1) is 11.3 Å². The molecule has 6 nitrogen and oxygen atoms in total. The zero-order valence-electron chi connectivity index (χ0n) is 14.1. The highest BCUT2D eigenvalue weighted by Crippen LogP contribution is 2.31. The molecule has 0 bridgehead atoms. The Morgan fingerprint density at radius 2 is 2.16 bits per heavy atom. The molecule has 1 N–H and O–H groups in total. The summed E-state index contributed by atoms with van der Waals surface area (Å²) in [6.45, 7) is 2.18. The Labute approximate surface area is 149 Å². The van der Waals surface area contributed by atoms with Crippen LogP contribution in [0.4, 0.5) is 0 Å². The maximum atomic E-state index is 12.1. The maximum Gasteiger partial charge on any atom is 0.359 e. The molecule has 0 saturated heterocycles. The molecular weight excluding hydrogens is 338 g/mol. The van der Waals surface area contributed by atoms with Crippen molar-refractivity contribution in [3.63, 3.8) is 0 Å². The van der Waals surface area contributed by atoms with Crippen LogP contribution in [0.5, 0.6) is 5.75 Å². The van der Waals surface area contributed by atoms with Crippen molar-refractivity contribution in [3.05, 3.63) is 52.8 Å². The summed E-state index contributed by atoms with van der Waals surface area (Å²) in [7, 11) is 1.63. The molecule has 0 aliphatic carbocycles. The molecule has 1 aromatic carbocycles. The summed E-state index contributed by atoms with van der Waals surface area (Å²) in [5.74, 6) is 0.311. The molecule has 0 atom stereocenters. The Bertz CT molecular complexity index is 857. The van der Waals surface area contributed by atoms with Gasteiger partial charge >= 0.3 is 5.97 Å². The van der Waals surface area contributed by atoms with Crippen LogP contribution >= 0.6 is 11.3 Å². The molecule has 0 aliphatic rings. The number of aromatic nitrogens is 3. The highest BCUT2D eigenvalue weighted by atomic mass is 32.1. The fourth-order valence-electron chi connectivity index (χ4n) is 2.40. The quantitative estimate of drug-likeness (QED) is 0.650. The molecule has 0 saturated carbocycles. The Hall–Kier alpha value is -2.67. The molecule has 0 fully saturated rings. The highest BCUT2D eigenvalue weighted by molar-refractivity contribution is 7.13. The van der Waals surface area contributed by atoms with E-state index < -0.39 is 5.97 Å². The lowest BCUT2D eigenvalue weighted by Crippen LogP contribution is -2.05. The molecule has 0 aliphatic heterocycles. The minimum Gasteiger partial charge on any atom is -0.496 e. The summed E-state index contributed by atoms with van der Waals surface area (Å²) in [6.07, 6.45) is 1.84. The van der Waals surface area contributed by atoms with E-state index in [9.17, 15) is 4.79 Å². The molecule has 0 amide bonds. The fraction of sp³-hybridized carbons (Fsp3) is 0.278. The molecule has 0 radical (unpaired) electrons. The third-order valence-corrected chi connectivity index (χ3v) is 4.52. The molecule has 7 heteroatoms. The molecule has 2 heterocycles. The Kier molecular flexibility index (Phi) is 5.45. The summed E-state index contributed by atoms with van der Waals surface area (Å²) in [5.41, 5.74) is 2.85. The summed E-state index contributed by atoms with van der Waals surface area (Å²) >= 11 is 1.49. The largest absolute Gasteiger partial charge is 0.496 e. The zero-order valence-corrected chi connectivity index (χ0v) is 14.9. The Balaban J connectivity index is 1.64. The smallest absolute Gasteiger partial charge is 0.359 e. The molecular formula is C18H19N3O3S. The van der Waals surface area contributed by atoms with Crippen LogP contribution in [0.1, 0.15) is 35.2 Å². The van der Waals surface area contributed by atoms with Gasteiger partial charge in [-0.05, 0) is 24.6 Å². The lowest BCUT2D eigenvalue weighted by Gasteiger charge is -2.04. The minimum absolute atomic E-state index is 0.112. The van der Waals surface area contributed by atoms with Gasteiger partial charge < -0.3 is 9.47 Å². The number of H-pyrrole nitrogens is 1. The molecule has 130 valence electrons. The number of para-hydroxylation sites is 1. The van der Waals surface area contributed by atoms with Crippen molar-refractivity contribution in [3.8, 4) is 16.3 Å². The number of aromatic amines is 1. The Morgan fingerprint density at radius 1 is 1.32 bits per heavy atom. The summed E-state index contributed by atoms with van der Waals surface area (Å²) in [4.78, 5) is 16.6. The van der Waals surface area contributed by atoms with Crippen LogP contribution in [-0.2, 0) is 17.8 Å². The van der Waals surface area contributed by atoms with E-state index in [1.165, 1.54) is 11.3 Å². The van der Waals surface area contributed by atoms with Gasteiger partial charge in [-0.1, -0.05) is 25.5 Å². The van der Waals surface area contributed by atoms with Gasteiger partial charge in [0.2, 0.25) is 0 Å². The molecule has 3 aromatic rings. The van der Waals surface area contributed by atoms with Crippen LogP contribution < -0.4 is 4.74 Å². The van der Waals surface area contributed by atoms with Crippen molar-refractivity contribution in [2.24, 2.45) is 0 Å². The lowest BCUT2D eigenvalue weighted by molar-refractivity contribution is 0.0461. The van der Waals surface area contributed by atoms with Gasteiger partial charge in [-0.2, -0.15) is 5.10 Å². The maximum absolute atomic E-state index is 12.1. The van der Waals surface area contributed by atoms with Crippen molar-refractivity contribution in [1.82, 2.24) is 15.2 Å². The van der Waals surface area contributed by atoms with E-state index in [4.69, 9.17) is 9.47 Å². The second-order valence-electron chi connectivity index (χ2n) is 5.45. The van der Waals surface area contributed by atoms with E-state index in [0.29, 0.717) is 11.4 Å². The monoisotopic (exact) mass is 357 g/mol. The van der Waals surface area contributed by atoms with Crippen molar-refractivity contribution in [2.75, 3.05) is 7.11 Å². The topological polar surface area (TPSA) is 77.1 Å². The number of hydrogen-bond acceptors (Lipinski definition) is 6. The van der Waals surface area contributed by atoms with Crippen molar-refractivity contribution in [1.29, 1.82) is 0 Å². The third-order valence-electron chi connectivity index (χ3n) is 3.60. The number of benzene rings is 1. The highest BCUT2D eigenvalue weighted by Gasteiger charge is 2.14. The van der Waals surface area contributed by atoms with Crippen LogP contribution in [0.2, 0.25) is 0 Å². The van der Waals surface area contributed by atoms with Crippen LogP contribution in [0, 0.1) is 0 Å². The number of hydrogen-bond donors (Lipinski definition) is 1. The molecule has 0 unspecified atom stereocenters. The van der Waals surface area contributed by atoms with Gasteiger partial charge in [0.1, 0.15) is 17.4 Å². The normalized spacial score (nSPS) is 10.6. The number of thiazole rings is 1. The number of carbonyl (C=O) groups excluding carboxylic acids is 1. The van der Waals surface area contributed by atoms with Crippen molar-refractivity contribution < 1.29 is 14.3 Å². The number of methoxy groups -OCH3 is 1. The number of esters is 1. The third kappa shape index (κ3) is 4.06. The van der Waals surface area contributed by atoms with E-state index >= 15 is 0 Å². The number of nitrogens with zero attached hydrogens (tertiary/aromatic N) is 2. The van der Waals surface area contributed by atoms with Crippen LogP contribution in [0.25, 0.3) is 10.6 Å². The van der Waals surface area contributed by atoms with Gasteiger partial charge in [-0.3, -0.25) is 5.10 Å². The first-order valence-corrected chi connectivity index (χ1v) is 8.88. The number of nitrogens with one attached hydrogen (secondary N) is 1. The average molecular weight is 357 g/mol. The molecule has 2 aromatic heterocycles. The fourth-order valence-corrected chi connectivity index (χ4v) is 3.23. The summed E-state index contributed by atoms with van der Waals surface area (Å²) in [6, 6.07) is 9.42. The first kappa shape index (κ1) is 17.2. The second-order valence-corrected chi connectivity index (χ2v) is 6.31. The summed E-state index contributed by atoms with van der Waals surface area (Å²) in [5, 5.41) is 9.54. The molecule has 25 heavy (non-hydrogen) atoms. The lowest BCUT2D eigenvalue weighted by atomic mass is 10.2. The van der Waals surface area contributed by atoms with Gasteiger partial charge in [0.05, 0.1) is 18.4 Å². The summed E-state index contributed by atoms with van der Waals surface area (Å²) < 4.78 is 10.7. The van der Waals surface area contributed by atoms with Gasteiger partial charge in [-0.25, -0.2) is 9.78 Å².